The van der Waals surface area contributed by atoms with E-state index in [0.717, 1.165) is 43.1 Å². The van der Waals surface area contributed by atoms with Crippen LogP contribution in [0.25, 0.3) is 6.08 Å². The average molecular weight is 288 g/mol. The second-order valence-electron chi connectivity index (χ2n) is 5.21. The molecule has 2 rings (SSSR count). The Morgan fingerprint density at radius 1 is 1.33 bits per heavy atom. The van der Waals surface area contributed by atoms with Crippen molar-refractivity contribution in [2.45, 2.75) is 25.8 Å². The lowest BCUT2D eigenvalue weighted by Gasteiger charge is -2.21. The van der Waals surface area contributed by atoms with Gasteiger partial charge in [0.05, 0.1) is 6.04 Å². The highest BCUT2D eigenvalue weighted by Crippen LogP contribution is 2.16. The number of hydrogen-bond donors (Lipinski definition) is 2. The lowest BCUT2D eigenvalue weighted by atomic mass is 10.0. The summed E-state index contributed by atoms with van der Waals surface area (Å²) in [7, 11) is 0. The number of benzene rings is 1. The summed E-state index contributed by atoms with van der Waals surface area (Å²) in [5.41, 5.74) is 1.76. The highest BCUT2D eigenvalue weighted by Gasteiger charge is 2.19. The molecule has 2 N–H and O–H groups in total. The van der Waals surface area contributed by atoms with Gasteiger partial charge in [-0.25, -0.2) is 9.59 Å². The number of amides is 2. The number of hydrogen-bond acceptors (Lipinski definition) is 2. The third-order valence-corrected chi connectivity index (χ3v) is 3.56. The molecule has 1 aromatic rings. The van der Waals surface area contributed by atoms with E-state index in [1.807, 2.05) is 36.1 Å². The number of aliphatic carboxylic acids is 1. The van der Waals surface area contributed by atoms with Crippen molar-refractivity contribution in [2.24, 2.45) is 0 Å². The molecular weight excluding hydrogens is 268 g/mol. The Labute approximate surface area is 124 Å². The van der Waals surface area contributed by atoms with Gasteiger partial charge >= 0.3 is 12.0 Å². The van der Waals surface area contributed by atoms with Gasteiger partial charge in [-0.05, 0) is 43.0 Å². The van der Waals surface area contributed by atoms with E-state index in [4.69, 9.17) is 5.11 Å². The SMILES string of the molecule is CC(NC(=O)N1CCCC1)c1cccc(C=CC(=O)O)c1. The first kappa shape index (κ1) is 15.1. The second-order valence-corrected chi connectivity index (χ2v) is 5.21. The minimum Gasteiger partial charge on any atom is -0.478 e. The fourth-order valence-corrected chi connectivity index (χ4v) is 2.38. The van der Waals surface area contributed by atoms with Gasteiger partial charge in [0, 0.05) is 19.2 Å². The zero-order valence-electron chi connectivity index (χ0n) is 12.1. The van der Waals surface area contributed by atoms with Crippen molar-refractivity contribution in [1.29, 1.82) is 0 Å². The summed E-state index contributed by atoms with van der Waals surface area (Å²) >= 11 is 0. The molecule has 0 spiro atoms. The number of rotatable bonds is 4. The molecule has 1 atom stereocenters. The van der Waals surface area contributed by atoms with Gasteiger partial charge < -0.3 is 15.3 Å². The van der Waals surface area contributed by atoms with Gasteiger partial charge in [-0.15, -0.1) is 0 Å². The fraction of sp³-hybridized carbons (Fsp3) is 0.375. The molecule has 1 heterocycles. The van der Waals surface area contributed by atoms with Gasteiger partial charge in [0.1, 0.15) is 0 Å². The summed E-state index contributed by atoms with van der Waals surface area (Å²) in [5, 5.41) is 11.6. The monoisotopic (exact) mass is 288 g/mol. The van der Waals surface area contributed by atoms with E-state index in [9.17, 15) is 9.59 Å². The van der Waals surface area contributed by atoms with Crippen LogP contribution in [0, 0.1) is 0 Å². The second kappa shape index (κ2) is 6.92. The van der Waals surface area contributed by atoms with Crippen molar-refractivity contribution in [3.05, 3.63) is 41.5 Å². The molecule has 2 amide bonds. The maximum absolute atomic E-state index is 12.1. The molecule has 1 aliphatic heterocycles. The molecule has 1 aliphatic rings. The van der Waals surface area contributed by atoms with Crippen molar-refractivity contribution < 1.29 is 14.7 Å². The topological polar surface area (TPSA) is 69.6 Å². The van der Waals surface area contributed by atoms with Crippen LogP contribution in [0.5, 0.6) is 0 Å². The van der Waals surface area contributed by atoms with E-state index in [2.05, 4.69) is 5.32 Å². The quantitative estimate of drug-likeness (QED) is 0.837. The zero-order chi connectivity index (χ0) is 15.2. The van der Waals surface area contributed by atoms with E-state index >= 15 is 0 Å². The Bertz CT molecular complexity index is 548. The lowest BCUT2D eigenvalue weighted by Crippen LogP contribution is -2.39. The Morgan fingerprint density at radius 3 is 2.71 bits per heavy atom. The molecule has 0 aliphatic carbocycles. The number of carboxylic acid groups (broad SMARTS) is 1. The minimum absolute atomic E-state index is 0.0357. The van der Waals surface area contributed by atoms with Crippen LogP contribution >= 0.6 is 0 Å². The molecule has 5 heteroatoms. The standard InChI is InChI=1S/C16H20N2O3/c1-12(17-16(21)18-9-2-3-10-18)14-6-4-5-13(11-14)7-8-15(19)20/h4-8,11-12H,2-3,9-10H2,1H3,(H,17,21)(H,19,20). The van der Waals surface area contributed by atoms with Gasteiger partial charge in [-0.3, -0.25) is 0 Å². The molecule has 0 radical (unpaired) electrons. The van der Waals surface area contributed by atoms with Gasteiger partial charge in [0.25, 0.3) is 0 Å². The molecule has 21 heavy (non-hydrogen) atoms. The van der Waals surface area contributed by atoms with Crippen LogP contribution in [0.15, 0.2) is 30.3 Å². The van der Waals surface area contributed by atoms with Crippen molar-refractivity contribution in [1.82, 2.24) is 10.2 Å². The number of carboxylic acids is 1. The number of carbonyl (C=O) groups excluding carboxylic acids is 1. The van der Waals surface area contributed by atoms with Crippen LogP contribution in [0.4, 0.5) is 4.79 Å². The minimum atomic E-state index is -0.976. The van der Waals surface area contributed by atoms with Gasteiger partial charge in [0.2, 0.25) is 0 Å². The van der Waals surface area contributed by atoms with Crippen molar-refractivity contribution in [2.75, 3.05) is 13.1 Å². The van der Waals surface area contributed by atoms with Gasteiger partial charge in [0.15, 0.2) is 0 Å². The molecule has 5 nitrogen and oxygen atoms in total. The van der Waals surface area contributed by atoms with Crippen molar-refractivity contribution >= 4 is 18.1 Å². The van der Waals surface area contributed by atoms with E-state index in [-0.39, 0.29) is 12.1 Å². The van der Waals surface area contributed by atoms with Crippen LogP contribution < -0.4 is 5.32 Å². The normalized spacial score (nSPS) is 16.1. The highest BCUT2D eigenvalue weighted by atomic mass is 16.4. The Balaban J connectivity index is 2.01. The molecule has 0 bridgehead atoms. The van der Waals surface area contributed by atoms with E-state index in [1.165, 1.54) is 0 Å². The van der Waals surface area contributed by atoms with Crippen molar-refractivity contribution in [3.63, 3.8) is 0 Å². The maximum Gasteiger partial charge on any atom is 0.328 e. The molecular formula is C16H20N2O3. The van der Waals surface area contributed by atoms with Crippen LogP contribution in [-0.4, -0.2) is 35.1 Å². The van der Waals surface area contributed by atoms with E-state index in [0.29, 0.717) is 0 Å². The summed E-state index contributed by atoms with van der Waals surface area (Å²) < 4.78 is 0. The van der Waals surface area contributed by atoms with E-state index < -0.39 is 5.97 Å². The van der Waals surface area contributed by atoms with Crippen molar-refractivity contribution in [3.8, 4) is 0 Å². The van der Waals surface area contributed by atoms with Crippen LogP contribution in [0.3, 0.4) is 0 Å². The fourth-order valence-electron chi connectivity index (χ4n) is 2.38. The molecule has 1 saturated heterocycles. The summed E-state index contributed by atoms with van der Waals surface area (Å²) in [6, 6.07) is 7.34. The van der Waals surface area contributed by atoms with Crippen LogP contribution in [0.1, 0.15) is 36.9 Å². The van der Waals surface area contributed by atoms with Gasteiger partial charge in [-0.2, -0.15) is 0 Å². The summed E-state index contributed by atoms with van der Waals surface area (Å²) in [6.07, 6.45) is 4.78. The summed E-state index contributed by atoms with van der Waals surface area (Å²) in [6.45, 7) is 3.56. The first-order chi connectivity index (χ1) is 10.1. The third-order valence-electron chi connectivity index (χ3n) is 3.56. The predicted molar refractivity (Wildman–Crippen MR) is 80.9 cm³/mol. The Morgan fingerprint density at radius 2 is 2.05 bits per heavy atom. The van der Waals surface area contributed by atoms with Crippen LogP contribution in [0.2, 0.25) is 0 Å². The number of likely N-dealkylation sites (tertiary alicyclic amines) is 1. The Hall–Kier alpha value is -2.30. The zero-order valence-corrected chi connectivity index (χ0v) is 12.1. The third kappa shape index (κ3) is 4.34. The predicted octanol–water partition coefficient (Wildman–Crippen LogP) is 2.65. The molecule has 1 aromatic carbocycles. The lowest BCUT2D eigenvalue weighted by molar-refractivity contribution is -0.131. The number of carbonyl (C=O) groups is 2. The smallest absolute Gasteiger partial charge is 0.328 e. The Kier molecular flexibility index (Phi) is 4.98. The molecule has 0 aromatic heterocycles. The highest BCUT2D eigenvalue weighted by molar-refractivity contribution is 5.85. The van der Waals surface area contributed by atoms with E-state index in [1.54, 1.807) is 6.08 Å². The average Bonchev–Trinajstić information content (AvgIpc) is 2.99. The number of nitrogens with one attached hydrogen (secondary N) is 1. The molecule has 1 unspecified atom stereocenters. The largest absolute Gasteiger partial charge is 0.478 e. The number of urea groups is 1. The van der Waals surface area contributed by atoms with Crippen LogP contribution in [-0.2, 0) is 4.79 Å². The molecule has 112 valence electrons. The molecule has 0 saturated carbocycles. The number of nitrogens with zero attached hydrogens (tertiary/aromatic N) is 1. The first-order valence-electron chi connectivity index (χ1n) is 7.12. The summed E-state index contributed by atoms with van der Waals surface area (Å²) in [4.78, 5) is 24.4. The first-order valence-corrected chi connectivity index (χ1v) is 7.12. The molecule has 1 fully saturated rings. The summed E-state index contributed by atoms with van der Waals surface area (Å²) in [5.74, 6) is -0.976. The van der Waals surface area contributed by atoms with Gasteiger partial charge in [-0.1, -0.05) is 18.2 Å². The maximum atomic E-state index is 12.1.